The van der Waals surface area contributed by atoms with Crippen LogP contribution in [0.15, 0.2) is 11.4 Å². The van der Waals surface area contributed by atoms with Crippen LogP contribution in [-0.2, 0) is 17.1 Å². The van der Waals surface area contributed by atoms with Gasteiger partial charge in [-0.3, -0.25) is 0 Å². The summed E-state index contributed by atoms with van der Waals surface area (Å²) < 4.78 is 27.8. The highest BCUT2D eigenvalue weighted by atomic mass is 35.5. The molecule has 0 radical (unpaired) electrons. The van der Waals surface area contributed by atoms with Gasteiger partial charge in [-0.1, -0.05) is 31.9 Å². The molecule has 19 heavy (non-hydrogen) atoms. The van der Waals surface area contributed by atoms with Crippen molar-refractivity contribution in [3.8, 4) is 0 Å². The Morgan fingerprint density at radius 1 is 1.63 bits per heavy atom. The van der Waals surface area contributed by atoms with E-state index in [1.807, 2.05) is 13.8 Å². The Morgan fingerprint density at radius 3 is 2.63 bits per heavy atom. The third-order valence-corrected chi connectivity index (χ3v) is 5.27. The first-order valence-corrected chi connectivity index (χ1v) is 7.86. The average Bonchev–Trinajstić information content (AvgIpc) is 2.67. The molecule has 0 aliphatic heterocycles. The first kappa shape index (κ1) is 16.4. The number of nitrogens with zero attached hydrogens (tertiary/aromatic N) is 2. The number of imidazole rings is 1. The van der Waals surface area contributed by atoms with E-state index in [-0.39, 0.29) is 22.6 Å². The van der Waals surface area contributed by atoms with Crippen molar-refractivity contribution in [1.29, 1.82) is 0 Å². The second kappa shape index (κ2) is 5.78. The summed E-state index contributed by atoms with van der Waals surface area (Å²) >= 11 is 5.85. The van der Waals surface area contributed by atoms with Crippen LogP contribution in [0.5, 0.6) is 0 Å². The summed E-state index contributed by atoms with van der Waals surface area (Å²) in [6, 6.07) is 0. The Hall–Kier alpha value is -0.630. The van der Waals surface area contributed by atoms with Gasteiger partial charge in [0.1, 0.15) is 5.15 Å². The summed E-state index contributed by atoms with van der Waals surface area (Å²) in [6.45, 7) is 5.31. The minimum Gasteiger partial charge on any atom is -0.389 e. The van der Waals surface area contributed by atoms with Gasteiger partial charge in [-0.2, -0.15) is 0 Å². The molecule has 0 aliphatic rings. The van der Waals surface area contributed by atoms with Crippen molar-refractivity contribution in [2.24, 2.45) is 13.0 Å². The lowest BCUT2D eigenvalue weighted by Gasteiger charge is -2.29. The first-order valence-electron chi connectivity index (χ1n) is 6.00. The molecule has 0 aromatic carbocycles. The minimum absolute atomic E-state index is 0.0330. The SMILES string of the molecule is CCC(C)C(C)(O)CNS(=O)(=O)c1ncn(C)c1Cl. The van der Waals surface area contributed by atoms with Gasteiger partial charge < -0.3 is 9.67 Å². The molecule has 8 heteroatoms. The Labute approximate surface area is 118 Å². The fraction of sp³-hybridized carbons (Fsp3) is 0.727. The second-order valence-electron chi connectivity index (χ2n) is 4.94. The number of sulfonamides is 1. The molecule has 0 amide bonds. The number of aliphatic hydroxyl groups is 1. The largest absolute Gasteiger partial charge is 0.389 e. The van der Waals surface area contributed by atoms with E-state index in [1.54, 1.807) is 14.0 Å². The van der Waals surface area contributed by atoms with Gasteiger partial charge in [-0.25, -0.2) is 18.1 Å². The van der Waals surface area contributed by atoms with Gasteiger partial charge in [0.25, 0.3) is 10.0 Å². The maximum Gasteiger partial charge on any atom is 0.261 e. The number of hydrogen-bond donors (Lipinski definition) is 2. The molecule has 0 saturated carbocycles. The van der Waals surface area contributed by atoms with E-state index in [0.29, 0.717) is 0 Å². The van der Waals surface area contributed by atoms with Gasteiger partial charge in [-0.15, -0.1) is 0 Å². The summed E-state index contributed by atoms with van der Waals surface area (Å²) in [5.41, 5.74) is -1.12. The standard InChI is InChI=1S/C11H20ClN3O3S/c1-5-8(2)11(3,16)6-14-19(17,18)10-9(12)15(4)7-13-10/h7-8,14,16H,5-6H2,1-4H3. The highest BCUT2D eigenvalue weighted by molar-refractivity contribution is 7.89. The van der Waals surface area contributed by atoms with Crippen LogP contribution in [0.3, 0.4) is 0 Å². The lowest BCUT2D eigenvalue weighted by Crippen LogP contribution is -2.45. The zero-order valence-corrected chi connectivity index (χ0v) is 13.1. The molecule has 1 heterocycles. The summed E-state index contributed by atoms with van der Waals surface area (Å²) in [5.74, 6) is -0.0330. The van der Waals surface area contributed by atoms with E-state index in [1.165, 1.54) is 10.9 Å². The molecule has 0 aliphatic carbocycles. The number of hydrogen-bond acceptors (Lipinski definition) is 4. The fourth-order valence-corrected chi connectivity index (χ4v) is 3.07. The van der Waals surface area contributed by atoms with Crippen LogP contribution in [0.25, 0.3) is 0 Å². The van der Waals surface area contributed by atoms with Crippen LogP contribution in [0.2, 0.25) is 5.15 Å². The Bertz CT molecular complexity index is 539. The van der Waals surface area contributed by atoms with Crippen LogP contribution in [0, 0.1) is 5.92 Å². The molecule has 1 aromatic heterocycles. The van der Waals surface area contributed by atoms with Gasteiger partial charge in [0.2, 0.25) is 5.03 Å². The predicted molar refractivity (Wildman–Crippen MR) is 73.5 cm³/mol. The van der Waals surface area contributed by atoms with Gasteiger partial charge in [-0.05, 0) is 12.8 Å². The summed E-state index contributed by atoms with van der Waals surface area (Å²) in [7, 11) is -2.22. The normalized spacial score (nSPS) is 17.2. The quantitative estimate of drug-likeness (QED) is 0.825. The number of nitrogens with one attached hydrogen (secondary N) is 1. The minimum atomic E-state index is -3.82. The lowest BCUT2D eigenvalue weighted by molar-refractivity contribution is 0.0102. The molecule has 1 rings (SSSR count). The summed E-state index contributed by atoms with van der Waals surface area (Å²) in [6.07, 6.45) is 2.07. The second-order valence-corrected chi connectivity index (χ2v) is 6.98. The zero-order valence-electron chi connectivity index (χ0n) is 11.5. The van der Waals surface area contributed by atoms with E-state index >= 15 is 0 Å². The molecule has 0 saturated heterocycles. The molecule has 2 N–H and O–H groups in total. The van der Waals surface area contributed by atoms with E-state index in [2.05, 4.69) is 9.71 Å². The first-order chi connectivity index (χ1) is 8.62. The Balaban J connectivity index is 2.85. The lowest BCUT2D eigenvalue weighted by atomic mass is 9.89. The van der Waals surface area contributed by atoms with Crippen LogP contribution in [-0.4, -0.2) is 35.2 Å². The molecule has 2 atom stereocenters. The Kier molecular flexibility index (Phi) is 5.00. The maximum absolute atomic E-state index is 12.0. The van der Waals surface area contributed by atoms with Crippen LogP contribution >= 0.6 is 11.6 Å². The number of aromatic nitrogens is 2. The van der Waals surface area contributed by atoms with Gasteiger partial charge in [0.05, 0.1) is 11.9 Å². The molecule has 0 bridgehead atoms. The smallest absolute Gasteiger partial charge is 0.261 e. The van der Waals surface area contributed by atoms with E-state index in [0.717, 1.165) is 6.42 Å². The monoisotopic (exact) mass is 309 g/mol. The van der Waals surface area contributed by atoms with Crippen molar-refractivity contribution in [3.63, 3.8) is 0 Å². The molecular weight excluding hydrogens is 290 g/mol. The summed E-state index contributed by atoms with van der Waals surface area (Å²) in [4.78, 5) is 3.75. The third kappa shape index (κ3) is 3.68. The molecule has 0 fully saturated rings. The topological polar surface area (TPSA) is 84.2 Å². The van der Waals surface area contributed by atoms with E-state index < -0.39 is 15.6 Å². The third-order valence-electron chi connectivity index (χ3n) is 3.38. The molecule has 110 valence electrons. The Morgan fingerprint density at radius 2 is 2.21 bits per heavy atom. The molecule has 1 aromatic rings. The highest BCUT2D eigenvalue weighted by Crippen LogP contribution is 2.21. The highest BCUT2D eigenvalue weighted by Gasteiger charge is 2.30. The maximum atomic E-state index is 12.0. The van der Waals surface area contributed by atoms with Crippen LogP contribution in [0.1, 0.15) is 27.2 Å². The van der Waals surface area contributed by atoms with Crippen molar-refractivity contribution in [1.82, 2.24) is 14.3 Å². The average molecular weight is 310 g/mol. The van der Waals surface area contributed by atoms with Gasteiger partial charge in [0, 0.05) is 13.6 Å². The van der Waals surface area contributed by atoms with Crippen molar-refractivity contribution in [2.75, 3.05) is 6.54 Å². The van der Waals surface area contributed by atoms with Gasteiger partial charge >= 0.3 is 0 Å². The van der Waals surface area contributed by atoms with Crippen LogP contribution < -0.4 is 4.72 Å². The van der Waals surface area contributed by atoms with Gasteiger partial charge in [0.15, 0.2) is 0 Å². The van der Waals surface area contributed by atoms with Crippen molar-refractivity contribution in [2.45, 2.75) is 37.8 Å². The molecule has 6 nitrogen and oxygen atoms in total. The molecule has 2 unspecified atom stereocenters. The number of halogens is 1. The molecular formula is C11H20ClN3O3S. The summed E-state index contributed by atoms with van der Waals surface area (Å²) in [5, 5.41) is 9.99. The van der Waals surface area contributed by atoms with E-state index in [4.69, 9.17) is 11.6 Å². The van der Waals surface area contributed by atoms with Crippen molar-refractivity contribution < 1.29 is 13.5 Å². The number of aryl methyl sites for hydroxylation is 1. The fourth-order valence-electron chi connectivity index (χ4n) is 1.50. The van der Waals surface area contributed by atoms with E-state index in [9.17, 15) is 13.5 Å². The van der Waals surface area contributed by atoms with Crippen molar-refractivity contribution >= 4 is 21.6 Å². The predicted octanol–water partition coefficient (Wildman–Crippen LogP) is 1.15. The number of rotatable bonds is 6. The molecule has 0 spiro atoms. The van der Waals surface area contributed by atoms with Crippen molar-refractivity contribution in [3.05, 3.63) is 11.5 Å². The van der Waals surface area contributed by atoms with Crippen LogP contribution in [0.4, 0.5) is 0 Å². The zero-order chi connectivity index (χ0) is 14.8.